The number of carbonyl (C=O) groups excluding carboxylic acids is 3. The van der Waals surface area contributed by atoms with Crippen LogP contribution in [0, 0.1) is 10.1 Å². The smallest absolute Gasteiger partial charge is 0.271 e. The minimum atomic E-state index is -0.522. The Morgan fingerprint density at radius 1 is 0.975 bits per heavy atom. The molecule has 1 fully saturated rings. The van der Waals surface area contributed by atoms with E-state index in [1.807, 2.05) is 0 Å². The maximum Gasteiger partial charge on any atom is 0.271 e. The number of aromatic nitrogens is 1. The topological polar surface area (TPSA) is 144 Å². The van der Waals surface area contributed by atoms with Gasteiger partial charge < -0.3 is 20.3 Å². The number of hydrogen-bond acceptors (Lipinski definition) is 9. The lowest BCUT2D eigenvalue weighted by Crippen LogP contribution is -2.41. The van der Waals surface area contributed by atoms with E-state index in [-0.39, 0.29) is 28.8 Å². The number of thioether (sulfide) groups is 1. The van der Waals surface area contributed by atoms with Gasteiger partial charge in [0.15, 0.2) is 4.34 Å². The third-order valence-electron chi connectivity index (χ3n) is 5.99. The van der Waals surface area contributed by atoms with Crippen LogP contribution in [0.15, 0.2) is 71.1 Å². The Balaban J connectivity index is 1.23. The highest BCUT2D eigenvalue weighted by Gasteiger charge is 2.23. The zero-order chi connectivity index (χ0) is 28.1. The van der Waals surface area contributed by atoms with Gasteiger partial charge in [-0.2, -0.15) is 0 Å². The number of anilines is 2. The summed E-state index contributed by atoms with van der Waals surface area (Å²) in [7, 11) is 0. The molecular weight excluding hydrogens is 554 g/mol. The molecule has 0 bridgehead atoms. The normalized spacial score (nSPS) is 13.2. The summed E-state index contributed by atoms with van der Waals surface area (Å²) >= 11 is 2.62. The molecule has 40 heavy (non-hydrogen) atoms. The van der Waals surface area contributed by atoms with Gasteiger partial charge in [0.05, 0.1) is 45.2 Å². The molecule has 0 unspecified atom stereocenters. The van der Waals surface area contributed by atoms with E-state index in [0.29, 0.717) is 53.1 Å². The number of ether oxygens (including phenoxy) is 1. The van der Waals surface area contributed by atoms with Crippen molar-refractivity contribution in [3.05, 3.63) is 88.0 Å². The van der Waals surface area contributed by atoms with Crippen molar-refractivity contribution < 1.29 is 24.0 Å². The van der Waals surface area contributed by atoms with Gasteiger partial charge >= 0.3 is 0 Å². The number of hydrogen-bond donors (Lipinski definition) is 2. The minimum Gasteiger partial charge on any atom is -0.378 e. The van der Waals surface area contributed by atoms with E-state index in [1.165, 1.54) is 41.3 Å². The number of non-ortho nitro benzene ring substituents is 1. The second kappa shape index (κ2) is 12.2. The molecule has 3 amide bonds. The number of amides is 3. The van der Waals surface area contributed by atoms with Crippen molar-refractivity contribution >= 4 is 68.1 Å². The lowest BCUT2D eigenvalue weighted by molar-refractivity contribution is -0.384. The molecule has 1 aliphatic heterocycles. The fraction of sp³-hybridized carbons (Fsp3) is 0.185. The average Bonchev–Trinajstić information content (AvgIpc) is 3.38. The van der Waals surface area contributed by atoms with Crippen molar-refractivity contribution in [3.63, 3.8) is 0 Å². The Labute approximate surface area is 236 Å². The van der Waals surface area contributed by atoms with Gasteiger partial charge in [-0.05, 0) is 36.4 Å². The number of nitro benzene ring substituents is 1. The molecule has 0 aliphatic carbocycles. The summed E-state index contributed by atoms with van der Waals surface area (Å²) in [6.45, 7) is 1.90. The van der Waals surface area contributed by atoms with E-state index in [1.54, 1.807) is 53.4 Å². The fourth-order valence-corrected chi connectivity index (χ4v) is 5.98. The van der Waals surface area contributed by atoms with Crippen molar-refractivity contribution in [1.82, 2.24) is 9.88 Å². The number of carbonyl (C=O) groups is 3. The maximum absolute atomic E-state index is 13.1. The lowest BCUT2D eigenvalue weighted by Gasteiger charge is -2.27. The average molecular weight is 578 g/mol. The van der Waals surface area contributed by atoms with E-state index >= 15 is 0 Å². The molecule has 13 heteroatoms. The molecule has 1 aromatic heterocycles. The van der Waals surface area contributed by atoms with Gasteiger partial charge in [-0.15, -0.1) is 11.3 Å². The largest absolute Gasteiger partial charge is 0.378 e. The number of thiazole rings is 1. The molecule has 5 rings (SSSR count). The third kappa shape index (κ3) is 6.45. The molecule has 0 atom stereocenters. The van der Waals surface area contributed by atoms with Gasteiger partial charge in [0.2, 0.25) is 5.91 Å². The van der Waals surface area contributed by atoms with Gasteiger partial charge in [-0.25, -0.2) is 4.98 Å². The summed E-state index contributed by atoms with van der Waals surface area (Å²) in [6.07, 6.45) is 0. The Bertz CT molecular complexity index is 1600. The van der Waals surface area contributed by atoms with Crippen LogP contribution in [-0.2, 0) is 9.53 Å². The van der Waals surface area contributed by atoms with E-state index in [4.69, 9.17) is 4.74 Å². The second-order valence-electron chi connectivity index (χ2n) is 8.71. The molecule has 2 heterocycles. The van der Waals surface area contributed by atoms with Gasteiger partial charge in [0.25, 0.3) is 17.5 Å². The SMILES string of the molecule is O=C(CSc1nc2ccc(NC(=O)c3ccccc3C(=O)N3CCOCC3)cc2s1)Nc1cccc([N+](=O)[O-])c1. The molecular formula is C27H23N5O6S2. The van der Waals surface area contributed by atoms with Crippen LogP contribution in [0.1, 0.15) is 20.7 Å². The number of nitrogens with zero attached hydrogens (tertiary/aromatic N) is 3. The van der Waals surface area contributed by atoms with Gasteiger partial charge in [-0.1, -0.05) is 30.0 Å². The first kappa shape index (κ1) is 27.2. The number of benzene rings is 3. The molecule has 0 spiro atoms. The fourth-order valence-electron chi connectivity index (χ4n) is 4.07. The number of nitro groups is 1. The van der Waals surface area contributed by atoms with Crippen molar-refractivity contribution in [2.24, 2.45) is 0 Å². The van der Waals surface area contributed by atoms with Crippen molar-refractivity contribution in [3.8, 4) is 0 Å². The van der Waals surface area contributed by atoms with E-state index in [0.717, 1.165) is 4.70 Å². The molecule has 0 radical (unpaired) electrons. The zero-order valence-corrected chi connectivity index (χ0v) is 22.6. The van der Waals surface area contributed by atoms with Crippen LogP contribution in [-0.4, -0.2) is 64.6 Å². The van der Waals surface area contributed by atoms with E-state index in [2.05, 4.69) is 15.6 Å². The van der Waals surface area contributed by atoms with Crippen molar-refractivity contribution in [1.29, 1.82) is 0 Å². The second-order valence-corrected chi connectivity index (χ2v) is 11.0. The number of fused-ring (bicyclic) bond motifs is 1. The summed E-state index contributed by atoms with van der Waals surface area (Å²) < 4.78 is 6.80. The molecule has 1 aliphatic rings. The van der Waals surface area contributed by atoms with Gasteiger partial charge in [-0.3, -0.25) is 24.5 Å². The van der Waals surface area contributed by atoms with E-state index < -0.39 is 10.8 Å². The Morgan fingerprint density at radius 2 is 1.73 bits per heavy atom. The summed E-state index contributed by atoms with van der Waals surface area (Å²) in [5, 5.41) is 16.5. The molecule has 204 valence electrons. The van der Waals surface area contributed by atoms with E-state index in [9.17, 15) is 24.5 Å². The highest BCUT2D eigenvalue weighted by molar-refractivity contribution is 8.01. The molecule has 11 nitrogen and oxygen atoms in total. The first-order chi connectivity index (χ1) is 19.4. The molecule has 2 N–H and O–H groups in total. The molecule has 3 aromatic carbocycles. The first-order valence-electron chi connectivity index (χ1n) is 12.2. The number of rotatable bonds is 8. The van der Waals surface area contributed by atoms with Crippen LogP contribution < -0.4 is 10.6 Å². The Hall–Kier alpha value is -4.33. The predicted molar refractivity (Wildman–Crippen MR) is 153 cm³/mol. The zero-order valence-electron chi connectivity index (χ0n) is 21.0. The quantitative estimate of drug-likeness (QED) is 0.175. The Morgan fingerprint density at radius 3 is 2.50 bits per heavy atom. The monoisotopic (exact) mass is 577 g/mol. The van der Waals surface area contributed by atoms with Crippen molar-refractivity contribution in [2.45, 2.75) is 4.34 Å². The number of morpholine rings is 1. The molecule has 1 saturated heterocycles. The minimum absolute atomic E-state index is 0.0695. The number of nitrogens with one attached hydrogen (secondary N) is 2. The van der Waals surface area contributed by atoms with Crippen LogP contribution in [0.5, 0.6) is 0 Å². The standard InChI is InChI=1S/C27H23N5O6S2/c33-24(28-17-4-3-5-19(14-17)32(36)37)16-39-27-30-22-9-8-18(15-23(22)40-27)29-25(34)20-6-1-2-7-21(20)26(35)31-10-12-38-13-11-31/h1-9,14-15H,10-13,16H2,(H,28,33)(H,29,34). The lowest BCUT2D eigenvalue weighted by atomic mass is 10.0. The first-order valence-corrected chi connectivity index (χ1v) is 14.0. The van der Waals surface area contributed by atoms with Crippen LogP contribution in [0.3, 0.4) is 0 Å². The molecule has 0 saturated carbocycles. The van der Waals surface area contributed by atoms with Crippen molar-refractivity contribution in [2.75, 3.05) is 42.7 Å². The third-order valence-corrected chi connectivity index (χ3v) is 8.16. The van der Waals surface area contributed by atoms with Gasteiger partial charge in [0, 0.05) is 36.6 Å². The summed E-state index contributed by atoms with van der Waals surface area (Å²) in [4.78, 5) is 55.2. The van der Waals surface area contributed by atoms with Gasteiger partial charge in [0.1, 0.15) is 0 Å². The van der Waals surface area contributed by atoms with Crippen LogP contribution in [0.25, 0.3) is 10.2 Å². The maximum atomic E-state index is 13.1. The summed E-state index contributed by atoms with van der Waals surface area (Å²) in [5.41, 5.74) is 2.13. The van der Waals surface area contributed by atoms with Crippen LogP contribution >= 0.6 is 23.1 Å². The van der Waals surface area contributed by atoms with Crippen LogP contribution in [0.2, 0.25) is 0 Å². The summed E-state index contributed by atoms with van der Waals surface area (Å²) in [6, 6.07) is 17.8. The van der Waals surface area contributed by atoms with Crippen LogP contribution in [0.4, 0.5) is 17.1 Å². The highest BCUT2D eigenvalue weighted by atomic mass is 32.2. The molecule has 4 aromatic rings. The Kier molecular flexibility index (Phi) is 8.34. The highest BCUT2D eigenvalue weighted by Crippen LogP contribution is 2.31. The predicted octanol–water partition coefficient (Wildman–Crippen LogP) is 4.66. The summed E-state index contributed by atoms with van der Waals surface area (Å²) in [5.74, 6) is -0.847.